The van der Waals surface area contributed by atoms with Gasteiger partial charge in [-0.2, -0.15) is 0 Å². The van der Waals surface area contributed by atoms with Crippen molar-refractivity contribution < 1.29 is 14.6 Å². The third-order valence-electron chi connectivity index (χ3n) is 3.01. The van der Waals surface area contributed by atoms with Gasteiger partial charge in [0.1, 0.15) is 11.3 Å². The standard InChI is InChI=1S/C15H23NO3S/c1-11(2)16-15(3,14(17)18)9-10-20-13-8-6-5-7-12(13)19-4/h5-8,11,16H,9-10H2,1-4H3,(H,17,18). The number of nitrogens with one attached hydrogen (secondary N) is 1. The Balaban J connectivity index is 2.63. The van der Waals surface area contributed by atoms with Gasteiger partial charge in [-0.15, -0.1) is 11.8 Å². The summed E-state index contributed by atoms with van der Waals surface area (Å²) in [6, 6.07) is 7.90. The van der Waals surface area contributed by atoms with Crippen molar-refractivity contribution in [3.63, 3.8) is 0 Å². The van der Waals surface area contributed by atoms with Crippen LogP contribution in [0, 0.1) is 0 Å². The SMILES string of the molecule is COc1ccccc1SCCC(C)(NC(C)C)C(=O)O. The second-order valence-electron chi connectivity index (χ2n) is 5.19. The maximum absolute atomic E-state index is 11.4. The fourth-order valence-electron chi connectivity index (χ4n) is 1.98. The molecule has 0 bridgehead atoms. The lowest BCUT2D eigenvalue weighted by atomic mass is 9.98. The Labute approximate surface area is 124 Å². The van der Waals surface area contributed by atoms with Gasteiger partial charge in [0.25, 0.3) is 0 Å². The number of carboxylic acid groups (broad SMARTS) is 1. The van der Waals surface area contributed by atoms with Crippen molar-refractivity contribution in [1.29, 1.82) is 0 Å². The van der Waals surface area contributed by atoms with Crippen molar-refractivity contribution in [2.75, 3.05) is 12.9 Å². The van der Waals surface area contributed by atoms with Crippen molar-refractivity contribution in [3.05, 3.63) is 24.3 Å². The summed E-state index contributed by atoms with van der Waals surface area (Å²) in [5, 5.41) is 12.5. The number of benzene rings is 1. The molecule has 1 unspecified atom stereocenters. The van der Waals surface area contributed by atoms with E-state index in [9.17, 15) is 9.90 Å². The van der Waals surface area contributed by atoms with Crippen molar-refractivity contribution in [3.8, 4) is 5.75 Å². The van der Waals surface area contributed by atoms with E-state index in [0.29, 0.717) is 12.2 Å². The molecule has 0 aromatic heterocycles. The molecule has 0 heterocycles. The first kappa shape index (κ1) is 16.9. The molecule has 0 aliphatic rings. The van der Waals surface area contributed by atoms with Gasteiger partial charge in [0, 0.05) is 16.7 Å². The Morgan fingerprint density at radius 2 is 2.10 bits per heavy atom. The van der Waals surface area contributed by atoms with Crippen LogP contribution in [0.3, 0.4) is 0 Å². The van der Waals surface area contributed by atoms with E-state index < -0.39 is 11.5 Å². The molecule has 0 amide bonds. The number of thioether (sulfide) groups is 1. The summed E-state index contributed by atoms with van der Waals surface area (Å²) in [7, 11) is 1.64. The maximum Gasteiger partial charge on any atom is 0.323 e. The van der Waals surface area contributed by atoms with Gasteiger partial charge >= 0.3 is 5.97 Å². The molecule has 0 saturated heterocycles. The van der Waals surface area contributed by atoms with Crippen LogP contribution in [0.2, 0.25) is 0 Å². The molecule has 0 aliphatic heterocycles. The summed E-state index contributed by atoms with van der Waals surface area (Å²) in [6.45, 7) is 5.64. The molecule has 0 spiro atoms. The lowest BCUT2D eigenvalue weighted by Gasteiger charge is -2.28. The Kier molecular flexibility index (Phi) is 6.36. The molecular formula is C15H23NO3S. The van der Waals surface area contributed by atoms with Crippen LogP contribution < -0.4 is 10.1 Å². The lowest BCUT2D eigenvalue weighted by Crippen LogP contribution is -2.52. The van der Waals surface area contributed by atoms with E-state index in [1.165, 1.54) is 0 Å². The van der Waals surface area contributed by atoms with Crippen LogP contribution in [-0.4, -0.2) is 35.5 Å². The predicted octanol–water partition coefficient (Wildman–Crippen LogP) is 3.02. The van der Waals surface area contributed by atoms with Crippen LogP contribution >= 0.6 is 11.8 Å². The van der Waals surface area contributed by atoms with Crippen LogP contribution in [-0.2, 0) is 4.79 Å². The number of aliphatic carboxylic acids is 1. The summed E-state index contributed by atoms with van der Waals surface area (Å²) in [6.07, 6.45) is 0.545. The fourth-order valence-corrected chi connectivity index (χ4v) is 3.18. The quantitative estimate of drug-likeness (QED) is 0.722. The Morgan fingerprint density at radius 1 is 1.45 bits per heavy atom. The van der Waals surface area contributed by atoms with Crippen molar-refractivity contribution in [2.24, 2.45) is 0 Å². The van der Waals surface area contributed by atoms with Gasteiger partial charge in [-0.1, -0.05) is 12.1 Å². The number of carbonyl (C=O) groups is 1. The van der Waals surface area contributed by atoms with E-state index in [1.54, 1.807) is 25.8 Å². The van der Waals surface area contributed by atoms with Crippen LogP contribution in [0.4, 0.5) is 0 Å². The molecule has 5 heteroatoms. The van der Waals surface area contributed by atoms with Gasteiger partial charge < -0.3 is 9.84 Å². The molecule has 0 fully saturated rings. The molecule has 0 saturated carbocycles. The zero-order valence-corrected chi connectivity index (χ0v) is 13.3. The first-order valence-corrected chi connectivity index (χ1v) is 7.64. The number of rotatable bonds is 8. The molecule has 1 aromatic carbocycles. The summed E-state index contributed by atoms with van der Waals surface area (Å²) in [5.74, 6) is 0.723. The average Bonchev–Trinajstić information content (AvgIpc) is 2.38. The summed E-state index contributed by atoms with van der Waals surface area (Å²) < 4.78 is 5.29. The topological polar surface area (TPSA) is 58.6 Å². The third-order valence-corrected chi connectivity index (χ3v) is 4.06. The number of hydrogen-bond acceptors (Lipinski definition) is 4. The lowest BCUT2D eigenvalue weighted by molar-refractivity contribution is -0.144. The molecule has 0 aliphatic carbocycles. The molecule has 1 rings (SSSR count). The summed E-state index contributed by atoms with van der Waals surface area (Å²) in [5.41, 5.74) is -0.900. The molecular weight excluding hydrogens is 274 g/mol. The van der Waals surface area contributed by atoms with E-state index in [2.05, 4.69) is 5.32 Å². The van der Waals surface area contributed by atoms with E-state index in [1.807, 2.05) is 38.1 Å². The van der Waals surface area contributed by atoms with Crippen LogP contribution in [0.25, 0.3) is 0 Å². The van der Waals surface area contributed by atoms with Crippen LogP contribution in [0.15, 0.2) is 29.2 Å². The van der Waals surface area contributed by atoms with Crippen molar-refractivity contribution >= 4 is 17.7 Å². The van der Waals surface area contributed by atoms with E-state index in [4.69, 9.17) is 4.74 Å². The number of carboxylic acids is 1. The fraction of sp³-hybridized carbons (Fsp3) is 0.533. The molecule has 4 nitrogen and oxygen atoms in total. The smallest absolute Gasteiger partial charge is 0.323 e. The molecule has 1 aromatic rings. The van der Waals surface area contributed by atoms with Gasteiger partial charge in [-0.05, 0) is 39.3 Å². The minimum atomic E-state index is -0.900. The Morgan fingerprint density at radius 3 is 2.65 bits per heavy atom. The summed E-state index contributed by atoms with van der Waals surface area (Å²) >= 11 is 1.61. The largest absolute Gasteiger partial charge is 0.496 e. The first-order chi connectivity index (χ1) is 9.39. The zero-order chi connectivity index (χ0) is 15.2. The Hall–Kier alpha value is -1.20. The highest BCUT2D eigenvalue weighted by molar-refractivity contribution is 7.99. The molecule has 20 heavy (non-hydrogen) atoms. The highest BCUT2D eigenvalue weighted by atomic mass is 32.2. The van der Waals surface area contributed by atoms with E-state index in [-0.39, 0.29) is 6.04 Å². The maximum atomic E-state index is 11.4. The number of hydrogen-bond donors (Lipinski definition) is 2. The second-order valence-corrected chi connectivity index (χ2v) is 6.32. The van der Waals surface area contributed by atoms with Crippen LogP contribution in [0.1, 0.15) is 27.2 Å². The first-order valence-electron chi connectivity index (χ1n) is 6.66. The van der Waals surface area contributed by atoms with E-state index in [0.717, 1.165) is 10.6 Å². The minimum absolute atomic E-state index is 0.132. The summed E-state index contributed by atoms with van der Waals surface area (Å²) in [4.78, 5) is 12.5. The molecule has 1 atom stereocenters. The van der Waals surface area contributed by atoms with Gasteiger partial charge in [0.15, 0.2) is 0 Å². The highest BCUT2D eigenvalue weighted by Crippen LogP contribution is 2.30. The Bertz CT molecular complexity index is 450. The number of ether oxygens (including phenoxy) is 1. The van der Waals surface area contributed by atoms with Gasteiger partial charge in [-0.3, -0.25) is 10.1 Å². The predicted molar refractivity (Wildman–Crippen MR) is 82.6 cm³/mol. The van der Waals surface area contributed by atoms with Crippen molar-refractivity contribution in [1.82, 2.24) is 5.32 Å². The van der Waals surface area contributed by atoms with Crippen molar-refractivity contribution in [2.45, 2.75) is 43.7 Å². The number of methoxy groups -OCH3 is 1. The van der Waals surface area contributed by atoms with Gasteiger partial charge in [0.2, 0.25) is 0 Å². The van der Waals surface area contributed by atoms with Gasteiger partial charge in [-0.25, -0.2) is 0 Å². The molecule has 2 N–H and O–H groups in total. The van der Waals surface area contributed by atoms with Gasteiger partial charge in [0.05, 0.1) is 7.11 Å². The minimum Gasteiger partial charge on any atom is -0.496 e. The zero-order valence-electron chi connectivity index (χ0n) is 12.5. The highest BCUT2D eigenvalue weighted by Gasteiger charge is 2.32. The molecule has 112 valence electrons. The monoisotopic (exact) mass is 297 g/mol. The average molecular weight is 297 g/mol. The number of para-hydroxylation sites is 1. The molecule has 0 radical (unpaired) electrons. The third kappa shape index (κ3) is 4.72. The van der Waals surface area contributed by atoms with E-state index >= 15 is 0 Å². The normalized spacial score (nSPS) is 14.1. The van der Waals surface area contributed by atoms with Crippen LogP contribution in [0.5, 0.6) is 5.75 Å². The second kappa shape index (κ2) is 7.55.